The Morgan fingerprint density at radius 3 is 2.50 bits per heavy atom. The number of hydrogen-bond donors (Lipinski definition) is 1. The molecule has 3 aromatic carbocycles. The van der Waals surface area contributed by atoms with E-state index in [9.17, 15) is 4.79 Å². The van der Waals surface area contributed by atoms with Gasteiger partial charge in [-0.15, -0.1) is 0 Å². The minimum absolute atomic E-state index is 0.130. The molecule has 0 aliphatic rings. The van der Waals surface area contributed by atoms with E-state index in [4.69, 9.17) is 0 Å². The Morgan fingerprint density at radius 1 is 0.958 bits per heavy atom. The van der Waals surface area contributed by atoms with Crippen LogP contribution < -0.4 is 5.32 Å². The number of carbonyl (C=O) groups excluding carboxylic acids is 1. The fraction of sp³-hybridized carbons (Fsp3) is 0.100. The molecule has 118 valence electrons. The van der Waals surface area contributed by atoms with Gasteiger partial charge < -0.3 is 0 Å². The summed E-state index contributed by atoms with van der Waals surface area (Å²) in [4.78, 5) is 17.1. The monoisotopic (exact) mass is 332 g/mol. The number of fused-ring (bicyclic) bond motifs is 2. The molecular formula is C20H16N2OS. The Labute approximate surface area is 144 Å². The molecule has 4 rings (SSSR count). The maximum Gasteiger partial charge on any atom is 0.257 e. The van der Waals surface area contributed by atoms with Gasteiger partial charge in [0.15, 0.2) is 5.13 Å². The zero-order chi connectivity index (χ0) is 16.7. The van der Waals surface area contributed by atoms with E-state index in [0.717, 1.165) is 26.6 Å². The van der Waals surface area contributed by atoms with Gasteiger partial charge in [0.1, 0.15) is 0 Å². The fourth-order valence-electron chi connectivity index (χ4n) is 2.81. The fourth-order valence-corrected chi connectivity index (χ4v) is 3.82. The first-order valence-corrected chi connectivity index (χ1v) is 8.60. The molecule has 0 aliphatic carbocycles. The van der Waals surface area contributed by atoms with Crippen LogP contribution in [0.1, 0.15) is 21.5 Å². The number of aromatic nitrogens is 1. The SMILES string of the molecule is Cc1ccc(C)c2sc(NC(=O)c3ccc4ccccc4c3)nc12. The molecule has 0 spiro atoms. The van der Waals surface area contributed by atoms with Gasteiger partial charge in [0.25, 0.3) is 5.91 Å². The standard InChI is InChI=1S/C20H16N2OS/c1-12-7-8-13(2)18-17(12)21-20(24-18)22-19(23)16-10-9-14-5-3-4-6-15(14)11-16/h3-11H,1-2H3,(H,21,22,23). The van der Waals surface area contributed by atoms with Crippen LogP contribution in [0.2, 0.25) is 0 Å². The van der Waals surface area contributed by atoms with Crippen molar-refractivity contribution in [2.24, 2.45) is 0 Å². The first-order valence-electron chi connectivity index (χ1n) is 7.79. The highest BCUT2D eigenvalue weighted by molar-refractivity contribution is 7.22. The molecule has 0 saturated heterocycles. The number of nitrogens with one attached hydrogen (secondary N) is 1. The predicted molar refractivity (Wildman–Crippen MR) is 101 cm³/mol. The normalized spacial score (nSPS) is 11.1. The van der Waals surface area contributed by atoms with Crippen molar-refractivity contribution in [3.05, 3.63) is 71.3 Å². The number of aryl methyl sites for hydroxylation is 2. The molecule has 24 heavy (non-hydrogen) atoms. The van der Waals surface area contributed by atoms with Gasteiger partial charge in [-0.1, -0.05) is 53.8 Å². The predicted octanol–water partition coefficient (Wildman–Crippen LogP) is 5.32. The molecule has 1 amide bonds. The number of benzene rings is 3. The lowest BCUT2D eigenvalue weighted by atomic mass is 10.1. The number of hydrogen-bond acceptors (Lipinski definition) is 3. The van der Waals surface area contributed by atoms with E-state index < -0.39 is 0 Å². The van der Waals surface area contributed by atoms with Crippen LogP contribution in [0.5, 0.6) is 0 Å². The molecule has 0 atom stereocenters. The lowest BCUT2D eigenvalue weighted by molar-refractivity contribution is 0.102. The Morgan fingerprint density at radius 2 is 1.71 bits per heavy atom. The average molecular weight is 332 g/mol. The number of nitrogens with zero attached hydrogens (tertiary/aromatic N) is 1. The minimum atomic E-state index is -0.130. The molecule has 1 heterocycles. The smallest absolute Gasteiger partial charge is 0.257 e. The van der Waals surface area contributed by atoms with Crippen molar-refractivity contribution in [3.63, 3.8) is 0 Å². The van der Waals surface area contributed by atoms with Gasteiger partial charge in [-0.25, -0.2) is 4.98 Å². The van der Waals surface area contributed by atoms with Crippen LogP contribution in [0, 0.1) is 13.8 Å². The number of anilines is 1. The van der Waals surface area contributed by atoms with Gasteiger partial charge in [-0.05, 0) is 47.9 Å². The van der Waals surface area contributed by atoms with E-state index in [2.05, 4.69) is 29.4 Å². The zero-order valence-electron chi connectivity index (χ0n) is 13.5. The van der Waals surface area contributed by atoms with Crippen molar-refractivity contribution in [1.82, 2.24) is 4.98 Å². The summed E-state index contributed by atoms with van der Waals surface area (Å²) in [5, 5.41) is 5.76. The molecule has 0 aliphatic heterocycles. The molecule has 0 radical (unpaired) electrons. The number of thiazole rings is 1. The summed E-state index contributed by atoms with van der Waals surface area (Å²) < 4.78 is 1.13. The van der Waals surface area contributed by atoms with Crippen LogP contribution >= 0.6 is 11.3 Å². The van der Waals surface area contributed by atoms with Gasteiger partial charge in [0, 0.05) is 5.56 Å². The highest BCUT2D eigenvalue weighted by atomic mass is 32.1. The number of carbonyl (C=O) groups is 1. The average Bonchev–Trinajstić information content (AvgIpc) is 3.03. The second kappa shape index (κ2) is 5.73. The van der Waals surface area contributed by atoms with Gasteiger partial charge in [0.2, 0.25) is 0 Å². The molecule has 0 unspecified atom stereocenters. The lowest BCUT2D eigenvalue weighted by Crippen LogP contribution is -2.11. The summed E-state index contributed by atoms with van der Waals surface area (Å²) >= 11 is 1.52. The van der Waals surface area contributed by atoms with Gasteiger partial charge in [-0.3, -0.25) is 10.1 Å². The summed E-state index contributed by atoms with van der Waals surface area (Å²) in [7, 11) is 0. The quantitative estimate of drug-likeness (QED) is 0.540. The second-order valence-corrected chi connectivity index (χ2v) is 6.91. The van der Waals surface area contributed by atoms with Crippen molar-refractivity contribution >= 4 is 43.4 Å². The van der Waals surface area contributed by atoms with Crippen LogP contribution in [-0.4, -0.2) is 10.9 Å². The Balaban J connectivity index is 1.68. The maximum absolute atomic E-state index is 12.6. The van der Waals surface area contributed by atoms with Crippen LogP contribution in [0.4, 0.5) is 5.13 Å². The van der Waals surface area contributed by atoms with Crippen LogP contribution in [-0.2, 0) is 0 Å². The molecule has 0 saturated carbocycles. The van der Waals surface area contributed by atoms with E-state index >= 15 is 0 Å². The number of amides is 1. The molecule has 0 bridgehead atoms. The molecule has 4 heteroatoms. The summed E-state index contributed by atoms with van der Waals surface area (Å²) in [5.74, 6) is -0.130. The van der Waals surface area contributed by atoms with Crippen molar-refractivity contribution in [2.45, 2.75) is 13.8 Å². The zero-order valence-corrected chi connectivity index (χ0v) is 14.3. The van der Waals surface area contributed by atoms with E-state index in [1.54, 1.807) is 0 Å². The van der Waals surface area contributed by atoms with E-state index in [0.29, 0.717) is 10.7 Å². The molecule has 0 fully saturated rings. The van der Waals surface area contributed by atoms with Crippen molar-refractivity contribution in [3.8, 4) is 0 Å². The third-order valence-electron chi connectivity index (χ3n) is 4.17. The van der Waals surface area contributed by atoms with Crippen LogP contribution in [0.25, 0.3) is 21.0 Å². The molecule has 4 aromatic rings. The van der Waals surface area contributed by atoms with Gasteiger partial charge in [-0.2, -0.15) is 0 Å². The topological polar surface area (TPSA) is 42.0 Å². The Kier molecular flexibility index (Phi) is 3.54. The molecular weight excluding hydrogens is 316 g/mol. The Bertz CT molecular complexity index is 1040. The van der Waals surface area contributed by atoms with Crippen LogP contribution in [0.3, 0.4) is 0 Å². The van der Waals surface area contributed by atoms with Crippen molar-refractivity contribution < 1.29 is 4.79 Å². The van der Waals surface area contributed by atoms with Gasteiger partial charge >= 0.3 is 0 Å². The van der Waals surface area contributed by atoms with Crippen molar-refractivity contribution in [1.29, 1.82) is 0 Å². The summed E-state index contributed by atoms with van der Waals surface area (Å²) in [6.45, 7) is 4.10. The third kappa shape index (κ3) is 2.55. The minimum Gasteiger partial charge on any atom is -0.298 e. The summed E-state index contributed by atoms with van der Waals surface area (Å²) in [6, 6.07) is 17.9. The highest BCUT2D eigenvalue weighted by Gasteiger charge is 2.12. The van der Waals surface area contributed by atoms with E-state index in [1.165, 1.54) is 16.9 Å². The van der Waals surface area contributed by atoms with Gasteiger partial charge in [0.05, 0.1) is 10.2 Å². The molecule has 1 N–H and O–H groups in total. The second-order valence-electron chi connectivity index (χ2n) is 5.91. The molecule has 3 nitrogen and oxygen atoms in total. The highest BCUT2D eigenvalue weighted by Crippen LogP contribution is 2.31. The first-order chi connectivity index (χ1) is 11.6. The first kappa shape index (κ1) is 14.8. The summed E-state index contributed by atoms with van der Waals surface area (Å²) in [5.41, 5.74) is 3.91. The summed E-state index contributed by atoms with van der Waals surface area (Å²) in [6.07, 6.45) is 0. The largest absolute Gasteiger partial charge is 0.298 e. The van der Waals surface area contributed by atoms with E-state index in [-0.39, 0.29) is 5.91 Å². The van der Waals surface area contributed by atoms with Crippen LogP contribution in [0.15, 0.2) is 54.6 Å². The third-order valence-corrected chi connectivity index (χ3v) is 5.28. The Hall–Kier alpha value is -2.72. The number of rotatable bonds is 2. The van der Waals surface area contributed by atoms with E-state index in [1.807, 2.05) is 49.4 Å². The lowest BCUT2D eigenvalue weighted by Gasteiger charge is -2.03. The maximum atomic E-state index is 12.6. The molecule has 1 aromatic heterocycles. The van der Waals surface area contributed by atoms with Crippen molar-refractivity contribution in [2.75, 3.05) is 5.32 Å².